The molecule has 3 rings (SSSR count). The van der Waals surface area contributed by atoms with Crippen molar-refractivity contribution in [2.45, 2.75) is 12.0 Å². The van der Waals surface area contributed by atoms with E-state index in [0.29, 0.717) is 24.3 Å². The van der Waals surface area contributed by atoms with Gasteiger partial charge in [0.1, 0.15) is 17.1 Å². The summed E-state index contributed by atoms with van der Waals surface area (Å²) in [5, 5.41) is 2.99. The van der Waals surface area contributed by atoms with E-state index < -0.39 is 17.3 Å². The molecule has 108 valence electrons. The van der Waals surface area contributed by atoms with E-state index in [2.05, 4.69) is 5.32 Å². The van der Waals surface area contributed by atoms with Crippen molar-refractivity contribution in [3.05, 3.63) is 59.9 Å². The molecule has 2 aromatic carbocycles. The fourth-order valence-electron chi connectivity index (χ4n) is 2.63. The zero-order valence-electron chi connectivity index (χ0n) is 11.3. The Balaban J connectivity index is 2.11. The van der Waals surface area contributed by atoms with Gasteiger partial charge in [-0.1, -0.05) is 30.3 Å². The molecule has 0 aromatic heterocycles. The lowest BCUT2D eigenvalue weighted by molar-refractivity contribution is -0.123. The molecule has 1 atom stereocenters. The van der Waals surface area contributed by atoms with Crippen LogP contribution in [0.4, 0.5) is 10.1 Å². The average molecular weight is 286 g/mol. The predicted octanol–water partition coefficient (Wildman–Crippen LogP) is 2.40. The number of carbonyl (C=O) groups excluding carboxylic acids is 1. The van der Waals surface area contributed by atoms with Gasteiger partial charge < -0.3 is 15.8 Å². The Bertz CT molecular complexity index is 689. The van der Waals surface area contributed by atoms with Crippen molar-refractivity contribution in [3.8, 4) is 5.75 Å². The number of primary amides is 1. The van der Waals surface area contributed by atoms with Crippen molar-refractivity contribution in [2.24, 2.45) is 5.73 Å². The first-order chi connectivity index (χ1) is 10.1. The van der Waals surface area contributed by atoms with Gasteiger partial charge in [0.25, 0.3) is 0 Å². The first kappa shape index (κ1) is 13.4. The van der Waals surface area contributed by atoms with E-state index in [0.717, 1.165) is 0 Å². The van der Waals surface area contributed by atoms with E-state index in [1.807, 2.05) is 6.07 Å². The summed E-state index contributed by atoms with van der Waals surface area (Å²) < 4.78 is 19.5. The highest BCUT2D eigenvalue weighted by atomic mass is 19.1. The van der Waals surface area contributed by atoms with Crippen LogP contribution in [0.3, 0.4) is 0 Å². The molecule has 1 amide bonds. The number of halogens is 1. The molecule has 1 unspecified atom stereocenters. The Morgan fingerprint density at radius 1 is 1.19 bits per heavy atom. The Hall–Kier alpha value is -2.56. The number of hydrogen-bond donors (Lipinski definition) is 2. The first-order valence-corrected chi connectivity index (χ1v) is 6.68. The summed E-state index contributed by atoms with van der Waals surface area (Å²) in [6.07, 6.45) is 0.341. The molecule has 5 heteroatoms. The summed E-state index contributed by atoms with van der Waals surface area (Å²) in [5.74, 6) is -0.394. The molecule has 4 nitrogen and oxygen atoms in total. The van der Waals surface area contributed by atoms with E-state index in [4.69, 9.17) is 10.5 Å². The topological polar surface area (TPSA) is 64.4 Å². The predicted molar refractivity (Wildman–Crippen MR) is 77.4 cm³/mol. The number of ether oxygens (including phenoxy) is 1. The zero-order valence-corrected chi connectivity index (χ0v) is 11.3. The molecule has 0 saturated heterocycles. The fraction of sp³-hybridized carbons (Fsp3) is 0.188. The maximum atomic E-state index is 13.9. The number of para-hydroxylation sites is 2. The second-order valence-corrected chi connectivity index (χ2v) is 4.97. The van der Waals surface area contributed by atoms with Crippen LogP contribution in [0, 0.1) is 5.82 Å². The zero-order chi connectivity index (χ0) is 14.9. The van der Waals surface area contributed by atoms with Crippen molar-refractivity contribution >= 4 is 11.6 Å². The van der Waals surface area contributed by atoms with Gasteiger partial charge in [-0.2, -0.15) is 0 Å². The van der Waals surface area contributed by atoms with Crippen molar-refractivity contribution in [3.63, 3.8) is 0 Å². The highest BCUT2D eigenvalue weighted by Crippen LogP contribution is 2.39. The van der Waals surface area contributed by atoms with Gasteiger partial charge >= 0.3 is 0 Å². The first-order valence-electron chi connectivity index (χ1n) is 6.68. The van der Waals surface area contributed by atoms with Gasteiger partial charge in [-0.15, -0.1) is 0 Å². The number of amides is 1. The molecule has 0 saturated carbocycles. The normalized spacial score (nSPS) is 20.2. The van der Waals surface area contributed by atoms with E-state index in [-0.39, 0.29) is 5.69 Å². The Morgan fingerprint density at radius 2 is 1.90 bits per heavy atom. The standard InChI is InChI=1S/C16H15FN2O2/c17-12-6-2-3-7-13(12)19-16(15(18)20)9-10-21-14-8-4-1-5-11(14)16/h1-8,19H,9-10H2,(H2,18,20). The van der Waals surface area contributed by atoms with E-state index in [9.17, 15) is 9.18 Å². The van der Waals surface area contributed by atoms with Crippen molar-refractivity contribution in [1.29, 1.82) is 0 Å². The molecule has 1 aliphatic heterocycles. The molecule has 0 bridgehead atoms. The maximum absolute atomic E-state index is 13.9. The quantitative estimate of drug-likeness (QED) is 0.910. The molecule has 0 fully saturated rings. The Morgan fingerprint density at radius 3 is 2.67 bits per heavy atom. The summed E-state index contributed by atoms with van der Waals surface area (Å²) in [5.41, 5.74) is 5.34. The molecule has 0 aliphatic carbocycles. The van der Waals surface area contributed by atoms with Crippen LogP contribution in [-0.4, -0.2) is 12.5 Å². The number of anilines is 1. The maximum Gasteiger partial charge on any atom is 0.248 e. The summed E-state index contributed by atoms with van der Waals surface area (Å²) in [6, 6.07) is 13.4. The SMILES string of the molecule is NC(=O)C1(Nc2ccccc2F)CCOc2ccccc21. The van der Waals surface area contributed by atoms with Crippen LogP contribution in [0.15, 0.2) is 48.5 Å². The van der Waals surface area contributed by atoms with Crippen LogP contribution < -0.4 is 15.8 Å². The summed E-state index contributed by atoms with van der Waals surface area (Å²) in [4.78, 5) is 12.1. The van der Waals surface area contributed by atoms with Crippen LogP contribution >= 0.6 is 0 Å². The molecule has 1 aliphatic rings. The van der Waals surface area contributed by atoms with E-state index in [1.54, 1.807) is 36.4 Å². The number of nitrogens with two attached hydrogens (primary N) is 1. The minimum Gasteiger partial charge on any atom is -0.493 e. The van der Waals surface area contributed by atoms with Gasteiger partial charge in [0.05, 0.1) is 12.3 Å². The van der Waals surface area contributed by atoms with Crippen LogP contribution in [0.25, 0.3) is 0 Å². The molecule has 2 aromatic rings. The van der Waals surface area contributed by atoms with Gasteiger partial charge in [-0.05, 0) is 18.2 Å². The van der Waals surface area contributed by atoms with Crippen LogP contribution in [0.5, 0.6) is 5.75 Å². The molecular weight excluding hydrogens is 271 g/mol. The number of carbonyl (C=O) groups is 1. The number of nitrogens with one attached hydrogen (secondary N) is 1. The van der Waals surface area contributed by atoms with Gasteiger partial charge in [0, 0.05) is 12.0 Å². The van der Waals surface area contributed by atoms with Gasteiger partial charge in [-0.25, -0.2) is 4.39 Å². The van der Waals surface area contributed by atoms with Crippen LogP contribution in [-0.2, 0) is 10.3 Å². The number of hydrogen-bond acceptors (Lipinski definition) is 3. The number of rotatable bonds is 3. The fourth-order valence-corrected chi connectivity index (χ4v) is 2.63. The van der Waals surface area contributed by atoms with Crippen molar-refractivity contribution in [1.82, 2.24) is 0 Å². The average Bonchev–Trinajstić information content (AvgIpc) is 2.49. The van der Waals surface area contributed by atoms with Gasteiger partial charge in [-0.3, -0.25) is 4.79 Å². The van der Waals surface area contributed by atoms with E-state index in [1.165, 1.54) is 6.07 Å². The Labute approximate surface area is 121 Å². The second-order valence-electron chi connectivity index (χ2n) is 4.97. The summed E-state index contributed by atoms with van der Waals surface area (Å²) in [7, 11) is 0. The molecule has 21 heavy (non-hydrogen) atoms. The lowest BCUT2D eigenvalue weighted by Crippen LogP contribution is -2.50. The second kappa shape index (κ2) is 5.09. The van der Waals surface area contributed by atoms with Crippen LogP contribution in [0.1, 0.15) is 12.0 Å². The van der Waals surface area contributed by atoms with Gasteiger partial charge in [0.2, 0.25) is 5.91 Å². The van der Waals surface area contributed by atoms with E-state index >= 15 is 0 Å². The highest BCUT2D eigenvalue weighted by Gasteiger charge is 2.43. The molecule has 0 spiro atoms. The largest absolute Gasteiger partial charge is 0.493 e. The third-order valence-electron chi connectivity index (χ3n) is 3.72. The highest BCUT2D eigenvalue weighted by molar-refractivity contribution is 5.90. The minimum absolute atomic E-state index is 0.244. The minimum atomic E-state index is -1.17. The molecule has 3 N–H and O–H groups in total. The van der Waals surface area contributed by atoms with Crippen molar-refractivity contribution < 1.29 is 13.9 Å². The monoisotopic (exact) mass is 286 g/mol. The third kappa shape index (κ3) is 2.20. The number of fused-ring (bicyclic) bond motifs is 1. The molecular formula is C16H15FN2O2. The molecule has 0 radical (unpaired) electrons. The lowest BCUT2D eigenvalue weighted by atomic mass is 9.83. The van der Waals surface area contributed by atoms with Gasteiger partial charge in [0.15, 0.2) is 0 Å². The lowest BCUT2D eigenvalue weighted by Gasteiger charge is -2.37. The smallest absolute Gasteiger partial charge is 0.248 e. The summed E-state index contributed by atoms with van der Waals surface area (Å²) >= 11 is 0. The van der Waals surface area contributed by atoms with Crippen molar-refractivity contribution in [2.75, 3.05) is 11.9 Å². The van der Waals surface area contributed by atoms with Crippen LogP contribution in [0.2, 0.25) is 0 Å². The third-order valence-corrected chi connectivity index (χ3v) is 3.72. The Kier molecular flexibility index (Phi) is 3.25. The summed E-state index contributed by atoms with van der Waals surface area (Å²) in [6.45, 7) is 0.335. The number of benzene rings is 2. The molecule has 1 heterocycles.